The molecule has 2 heterocycles. The summed E-state index contributed by atoms with van der Waals surface area (Å²) in [4.78, 5) is 27.7. The maximum atomic E-state index is 11.7. The highest BCUT2D eigenvalue weighted by molar-refractivity contribution is 9.10. The molecule has 0 bridgehead atoms. The Bertz CT molecular complexity index is 743. The van der Waals surface area contributed by atoms with Crippen LogP contribution in [0.3, 0.4) is 0 Å². The van der Waals surface area contributed by atoms with Crippen LogP contribution in [0.2, 0.25) is 0 Å². The van der Waals surface area contributed by atoms with E-state index in [9.17, 15) is 9.59 Å². The summed E-state index contributed by atoms with van der Waals surface area (Å²) in [5.41, 5.74) is 0.544. The number of carbonyl (C=O) groups excluding carboxylic acids is 1. The van der Waals surface area contributed by atoms with Gasteiger partial charge in [0.2, 0.25) is 5.88 Å². The molecule has 6 nitrogen and oxygen atoms in total. The molecule has 0 unspecified atom stereocenters. The van der Waals surface area contributed by atoms with E-state index in [0.717, 1.165) is 5.56 Å². The van der Waals surface area contributed by atoms with Crippen molar-refractivity contribution in [2.75, 3.05) is 13.7 Å². The van der Waals surface area contributed by atoms with Crippen LogP contribution in [-0.4, -0.2) is 29.2 Å². The monoisotopic (exact) mass is 366 g/mol. The Balaban J connectivity index is 2.29. The van der Waals surface area contributed by atoms with Crippen molar-refractivity contribution in [3.63, 3.8) is 0 Å². The minimum absolute atomic E-state index is 0.0157. The molecule has 0 N–H and O–H groups in total. The van der Waals surface area contributed by atoms with Gasteiger partial charge in [-0.25, -0.2) is 9.78 Å². The first-order valence-electron chi connectivity index (χ1n) is 6.61. The molecule has 0 spiro atoms. The third-order valence-corrected chi connectivity index (χ3v) is 3.62. The number of methoxy groups -OCH3 is 1. The van der Waals surface area contributed by atoms with Crippen molar-refractivity contribution in [2.45, 2.75) is 13.5 Å². The molecule has 22 heavy (non-hydrogen) atoms. The van der Waals surface area contributed by atoms with Crippen molar-refractivity contribution >= 4 is 21.9 Å². The Morgan fingerprint density at radius 3 is 2.77 bits per heavy atom. The number of pyridine rings is 2. The molecule has 0 amide bonds. The summed E-state index contributed by atoms with van der Waals surface area (Å²) in [6.07, 6.45) is 3.10. The largest absolute Gasteiger partial charge is 0.481 e. The smallest absolute Gasteiger partial charge is 0.343 e. The van der Waals surface area contributed by atoms with Crippen molar-refractivity contribution in [1.82, 2.24) is 9.55 Å². The number of esters is 1. The van der Waals surface area contributed by atoms with Gasteiger partial charge in [0.15, 0.2) is 5.43 Å². The van der Waals surface area contributed by atoms with E-state index >= 15 is 0 Å². The van der Waals surface area contributed by atoms with Crippen LogP contribution in [0, 0.1) is 0 Å². The van der Waals surface area contributed by atoms with E-state index in [1.807, 2.05) is 6.07 Å². The average Bonchev–Trinajstić information content (AvgIpc) is 2.51. The summed E-state index contributed by atoms with van der Waals surface area (Å²) in [6.45, 7) is 2.37. The standard InChI is InChI=1S/C15H15BrN2O4/c1-3-22-15(20)11-9-18(7-6-12(11)19)8-10-4-5-13(21-2)17-14(10)16/h4-7,9H,3,8H2,1-2H3. The van der Waals surface area contributed by atoms with Gasteiger partial charge in [0.25, 0.3) is 0 Å². The van der Waals surface area contributed by atoms with E-state index in [0.29, 0.717) is 17.0 Å². The fraction of sp³-hybridized carbons (Fsp3) is 0.267. The summed E-state index contributed by atoms with van der Waals surface area (Å²) < 4.78 is 12.3. The molecule has 0 saturated heterocycles. The average molecular weight is 367 g/mol. The molecule has 2 aromatic rings. The Morgan fingerprint density at radius 1 is 1.36 bits per heavy atom. The summed E-state index contributed by atoms with van der Waals surface area (Å²) in [5.74, 6) is -0.114. The van der Waals surface area contributed by atoms with Crippen LogP contribution < -0.4 is 10.2 Å². The quantitative estimate of drug-likeness (QED) is 0.599. The number of rotatable bonds is 5. The molecular formula is C15H15BrN2O4. The van der Waals surface area contributed by atoms with Gasteiger partial charge in [-0.15, -0.1) is 0 Å². The second kappa shape index (κ2) is 7.22. The van der Waals surface area contributed by atoms with Crippen LogP contribution in [-0.2, 0) is 11.3 Å². The molecule has 116 valence electrons. The molecule has 0 saturated carbocycles. The highest BCUT2D eigenvalue weighted by Gasteiger charge is 2.12. The SMILES string of the molecule is CCOC(=O)c1cn(Cc2ccc(OC)nc2Br)ccc1=O. The van der Waals surface area contributed by atoms with Crippen LogP contribution in [0.15, 0.2) is 40.0 Å². The van der Waals surface area contributed by atoms with E-state index in [1.54, 1.807) is 30.9 Å². The van der Waals surface area contributed by atoms with Crippen LogP contribution in [0.4, 0.5) is 0 Å². The molecule has 2 rings (SSSR count). The molecule has 0 aliphatic heterocycles. The molecule has 0 radical (unpaired) electrons. The van der Waals surface area contributed by atoms with E-state index in [-0.39, 0.29) is 17.6 Å². The lowest BCUT2D eigenvalue weighted by atomic mass is 10.2. The van der Waals surface area contributed by atoms with Crippen LogP contribution >= 0.6 is 15.9 Å². The molecule has 0 fully saturated rings. The number of ether oxygens (including phenoxy) is 2. The minimum Gasteiger partial charge on any atom is -0.481 e. The predicted octanol–water partition coefficient (Wildman–Crippen LogP) is 2.24. The van der Waals surface area contributed by atoms with Crippen molar-refractivity contribution < 1.29 is 14.3 Å². The van der Waals surface area contributed by atoms with Crippen molar-refractivity contribution in [3.05, 3.63) is 56.5 Å². The Labute approximate surface area is 135 Å². The van der Waals surface area contributed by atoms with Crippen molar-refractivity contribution in [2.24, 2.45) is 0 Å². The van der Waals surface area contributed by atoms with Crippen molar-refractivity contribution in [1.29, 1.82) is 0 Å². The first kappa shape index (κ1) is 16.2. The van der Waals surface area contributed by atoms with Gasteiger partial charge in [0.05, 0.1) is 13.7 Å². The van der Waals surface area contributed by atoms with Crippen molar-refractivity contribution in [3.8, 4) is 5.88 Å². The molecule has 2 aromatic heterocycles. The van der Waals surface area contributed by atoms with Gasteiger partial charge < -0.3 is 14.0 Å². The summed E-state index contributed by atoms with van der Waals surface area (Å²) in [6, 6.07) is 4.95. The topological polar surface area (TPSA) is 70.4 Å². The number of hydrogen-bond acceptors (Lipinski definition) is 5. The number of aromatic nitrogens is 2. The van der Waals surface area contributed by atoms with Gasteiger partial charge in [-0.3, -0.25) is 4.79 Å². The first-order chi connectivity index (χ1) is 10.5. The lowest BCUT2D eigenvalue weighted by Gasteiger charge is -2.10. The lowest BCUT2D eigenvalue weighted by Crippen LogP contribution is -2.19. The van der Waals surface area contributed by atoms with Gasteiger partial charge >= 0.3 is 5.97 Å². The predicted molar refractivity (Wildman–Crippen MR) is 84.2 cm³/mol. The maximum Gasteiger partial charge on any atom is 0.343 e. The van der Waals surface area contributed by atoms with Crippen LogP contribution in [0.5, 0.6) is 5.88 Å². The van der Waals surface area contributed by atoms with Gasteiger partial charge in [-0.2, -0.15) is 0 Å². The minimum atomic E-state index is -0.617. The zero-order valence-corrected chi connectivity index (χ0v) is 13.8. The molecule has 7 heteroatoms. The van der Waals surface area contributed by atoms with Gasteiger partial charge in [-0.05, 0) is 28.9 Å². The Kier molecular flexibility index (Phi) is 5.32. The van der Waals surface area contributed by atoms with E-state index in [1.165, 1.54) is 12.3 Å². The molecule has 0 aliphatic carbocycles. The zero-order chi connectivity index (χ0) is 16.1. The fourth-order valence-corrected chi connectivity index (χ4v) is 2.29. The molecular weight excluding hydrogens is 352 g/mol. The normalized spacial score (nSPS) is 10.3. The second-order valence-electron chi connectivity index (χ2n) is 4.42. The lowest BCUT2D eigenvalue weighted by molar-refractivity contribution is 0.0524. The third kappa shape index (κ3) is 3.73. The van der Waals surface area contributed by atoms with Gasteiger partial charge in [0, 0.05) is 36.6 Å². The Hall–Kier alpha value is -2.15. The zero-order valence-electron chi connectivity index (χ0n) is 12.2. The van der Waals surface area contributed by atoms with Crippen LogP contribution in [0.1, 0.15) is 22.8 Å². The highest BCUT2D eigenvalue weighted by Crippen LogP contribution is 2.19. The number of hydrogen-bond donors (Lipinski definition) is 0. The van der Waals surface area contributed by atoms with Crippen LogP contribution in [0.25, 0.3) is 0 Å². The summed E-state index contributed by atoms with van der Waals surface area (Å²) in [5, 5.41) is 0. The second-order valence-corrected chi connectivity index (χ2v) is 5.17. The summed E-state index contributed by atoms with van der Waals surface area (Å²) in [7, 11) is 1.54. The van der Waals surface area contributed by atoms with E-state index in [2.05, 4.69) is 20.9 Å². The molecule has 0 atom stereocenters. The first-order valence-corrected chi connectivity index (χ1v) is 7.41. The number of halogens is 1. The highest BCUT2D eigenvalue weighted by atomic mass is 79.9. The van der Waals surface area contributed by atoms with E-state index < -0.39 is 5.97 Å². The van der Waals surface area contributed by atoms with E-state index in [4.69, 9.17) is 9.47 Å². The number of carbonyl (C=O) groups is 1. The fourth-order valence-electron chi connectivity index (χ4n) is 1.86. The number of nitrogens with zero attached hydrogens (tertiary/aromatic N) is 2. The molecule has 0 aromatic carbocycles. The third-order valence-electron chi connectivity index (χ3n) is 2.94. The molecule has 0 aliphatic rings. The maximum absolute atomic E-state index is 11.7. The Morgan fingerprint density at radius 2 is 2.14 bits per heavy atom. The van der Waals surface area contributed by atoms with Gasteiger partial charge in [-0.1, -0.05) is 0 Å². The summed E-state index contributed by atoms with van der Waals surface area (Å²) >= 11 is 3.37. The van der Waals surface area contributed by atoms with Gasteiger partial charge in [0.1, 0.15) is 10.2 Å².